The number of carbonyl (C=O) groups excluding carboxylic acids is 1. The Kier molecular flexibility index (Phi) is 3.27. The molecule has 0 N–H and O–H groups in total. The summed E-state index contributed by atoms with van der Waals surface area (Å²) in [5.74, 6) is -0.260. The molecule has 0 fully saturated rings. The van der Waals surface area contributed by atoms with E-state index in [0.717, 1.165) is 0 Å². The second kappa shape index (κ2) is 5.10. The van der Waals surface area contributed by atoms with Gasteiger partial charge < -0.3 is 4.42 Å². The lowest BCUT2D eigenvalue weighted by Crippen LogP contribution is -2.26. The number of hydrogen-bond donors (Lipinski definition) is 0. The average molecular weight is 303 g/mol. The monoisotopic (exact) mass is 302 g/mol. The van der Waals surface area contributed by atoms with Crippen molar-refractivity contribution in [3.05, 3.63) is 75.6 Å². The van der Waals surface area contributed by atoms with Gasteiger partial charge in [0.25, 0.3) is 5.56 Å². The molecule has 6 heteroatoms. The van der Waals surface area contributed by atoms with Crippen LogP contribution >= 0.6 is 11.6 Å². The van der Waals surface area contributed by atoms with E-state index in [2.05, 4.69) is 0 Å². The topological polar surface area (TPSA) is 57.1 Å². The number of furan rings is 1. The highest BCUT2D eigenvalue weighted by atomic mass is 35.5. The van der Waals surface area contributed by atoms with Crippen LogP contribution in [-0.2, 0) is 0 Å². The van der Waals surface area contributed by atoms with Gasteiger partial charge in [-0.05, 0) is 37.3 Å². The zero-order valence-electron chi connectivity index (χ0n) is 11.1. The standard InChI is InChI=1S/C15H11ClN2O3/c1-10-8-14(19)18(12-5-2-4-11(16)9-12)17(10)15(20)13-6-3-7-21-13/h2-9H,1H3. The fourth-order valence-corrected chi connectivity index (χ4v) is 2.35. The molecule has 0 atom stereocenters. The molecule has 0 saturated heterocycles. The normalized spacial score (nSPS) is 10.8. The third kappa shape index (κ3) is 2.32. The Morgan fingerprint density at radius 2 is 2.00 bits per heavy atom. The van der Waals surface area contributed by atoms with Crippen LogP contribution in [0, 0.1) is 6.92 Å². The van der Waals surface area contributed by atoms with Gasteiger partial charge in [-0.25, -0.2) is 9.36 Å². The van der Waals surface area contributed by atoms with E-state index in [4.69, 9.17) is 16.0 Å². The van der Waals surface area contributed by atoms with Crippen LogP contribution in [0.2, 0.25) is 5.02 Å². The number of nitrogens with zero attached hydrogens (tertiary/aromatic N) is 2. The minimum Gasteiger partial charge on any atom is -0.459 e. The summed E-state index contributed by atoms with van der Waals surface area (Å²) in [6, 6.07) is 11.3. The number of carbonyl (C=O) groups is 1. The van der Waals surface area contributed by atoms with Crippen molar-refractivity contribution >= 4 is 17.5 Å². The fraction of sp³-hybridized carbons (Fsp3) is 0.0667. The van der Waals surface area contributed by atoms with E-state index in [9.17, 15) is 9.59 Å². The van der Waals surface area contributed by atoms with Crippen molar-refractivity contribution in [1.29, 1.82) is 0 Å². The molecule has 3 rings (SSSR count). The summed E-state index contributed by atoms with van der Waals surface area (Å²) in [7, 11) is 0. The smallest absolute Gasteiger partial charge is 0.312 e. The van der Waals surface area contributed by atoms with Crippen molar-refractivity contribution < 1.29 is 9.21 Å². The van der Waals surface area contributed by atoms with Gasteiger partial charge in [-0.2, -0.15) is 0 Å². The van der Waals surface area contributed by atoms with Crippen LogP contribution in [0.15, 0.2) is 57.9 Å². The molecule has 0 aliphatic rings. The molecule has 0 saturated carbocycles. The van der Waals surface area contributed by atoms with E-state index < -0.39 is 5.91 Å². The number of halogens is 1. The molecule has 0 aliphatic heterocycles. The SMILES string of the molecule is Cc1cc(=O)n(-c2cccc(Cl)c2)n1C(=O)c1ccco1. The molecule has 5 nitrogen and oxygen atoms in total. The van der Waals surface area contributed by atoms with E-state index in [1.165, 1.54) is 21.7 Å². The lowest BCUT2D eigenvalue weighted by Gasteiger charge is -2.11. The lowest BCUT2D eigenvalue weighted by atomic mass is 10.3. The van der Waals surface area contributed by atoms with E-state index >= 15 is 0 Å². The van der Waals surface area contributed by atoms with Crippen LogP contribution in [-0.4, -0.2) is 15.3 Å². The summed E-state index contributed by atoms with van der Waals surface area (Å²) in [4.78, 5) is 24.7. The lowest BCUT2D eigenvalue weighted by molar-refractivity contribution is 0.0905. The molecule has 2 heterocycles. The molecule has 0 radical (unpaired) electrons. The van der Waals surface area contributed by atoms with E-state index in [0.29, 0.717) is 16.4 Å². The second-order valence-electron chi connectivity index (χ2n) is 4.51. The first kappa shape index (κ1) is 13.5. The molecule has 106 valence electrons. The third-order valence-corrected chi connectivity index (χ3v) is 3.29. The second-order valence-corrected chi connectivity index (χ2v) is 4.95. The van der Waals surface area contributed by atoms with E-state index in [1.54, 1.807) is 43.3 Å². The van der Waals surface area contributed by atoms with Gasteiger partial charge >= 0.3 is 5.91 Å². The average Bonchev–Trinajstić information content (AvgIpc) is 3.06. The van der Waals surface area contributed by atoms with E-state index in [1.807, 2.05) is 0 Å². The summed E-state index contributed by atoms with van der Waals surface area (Å²) in [5.41, 5.74) is 0.719. The molecular formula is C15H11ClN2O3. The van der Waals surface area contributed by atoms with Gasteiger partial charge in [0.1, 0.15) is 0 Å². The Morgan fingerprint density at radius 1 is 1.19 bits per heavy atom. The number of aromatic nitrogens is 2. The van der Waals surface area contributed by atoms with Crippen molar-refractivity contribution in [3.8, 4) is 5.69 Å². The van der Waals surface area contributed by atoms with Crippen LogP contribution in [0.3, 0.4) is 0 Å². The summed E-state index contributed by atoms with van der Waals surface area (Å²) in [6.07, 6.45) is 1.41. The zero-order chi connectivity index (χ0) is 15.0. The predicted octanol–water partition coefficient (Wildman–Crippen LogP) is 2.88. The summed E-state index contributed by atoms with van der Waals surface area (Å²) in [6.45, 7) is 1.68. The van der Waals surface area contributed by atoms with Gasteiger partial charge in [-0.3, -0.25) is 9.59 Å². The quantitative estimate of drug-likeness (QED) is 0.731. The van der Waals surface area contributed by atoms with Gasteiger partial charge in [-0.1, -0.05) is 17.7 Å². The molecular weight excluding hydrogens is 292 g/mol. The first-order valence-electron chi connectivity index (χ1n) is 6.24. The largest absolute Gasteiger partial charge is 0.459 e. The highest BCUT2D eigenvalue weighted by molar-refractivity contribution is 6.30. The molecule has 2 aromatic heterocycles. The number of rotatable bonds is 2. The van der Waals surface area contributed by atoms with Crippen molar-refractivity contribution in [3.63, 3.8) is 0 Å². The predicted molar refractivity (Wildman–Crippen MR) is 78.2 cm³/mol. The molecule has 21 heavy (non-hydrogen) atoms. The van der Waals surface area contributed by atoms with Gasteiger partial charge in [0, 0.05) is 16.8 Å². The Bertz CT molecular complexity index is 859. The van der Waals surface area contributed by atoms with Crippen molar-refractivity contribution in [2.24, 2.45) is 0 Å². The Morgan fingerprint density at radius 3 is 2.67 bits per heavy atom. The van der Waals surface area contributed by atoms with Crippen LogP contribution in [0.25, 0.3) is 5.69 Å². The molecule has 0 amide bonds. The highest BCUT2D eigenvalue weighted by Gasteiger charge is 2.19. The third-order valence-electron chi connectivity index (χ3n) is 3.05. The fourth-order valence-electron chi connectivity index (χ4n) is 2.16. The Hall–Kier alpha value is -2.53. The van der Waals surface area contributed by atoms with Crippen LogP contribution in [0.1, 0.15) is 16.2 Å². The maximum absolute atomic E-state index is 12.5. The first-order chi connectivity index (χ1) is 10.1. The molecule has 0 unspecified atom stereocenters. The molecule has 0 aliphatic carbocycles. The number of hydrogen-bond acceptors (Lipinski definition) is 3. The zero-order valence-corrected chi connectivity index (χ0v) is 11.9. The van der Waals surface area contributed by atoms with Crippen molar-refractivity contribution in [1.82, 2.24) is 9.36 Å². The van der Waals surface area contributed by atoms with Gasteiger partial charge in [0.05, 0.1) is 12.0 Å². The summed E-state index contributed by atoms with van der Waals surface area (Å²) in [5, 5.41) is 0.482. The molecule has 3 aromatic rings. The van der Waals surface area contributed by atoms with Crippen LogP contribution in [0.5, 0.6) is 0 Å². The first-order valence-corrected chi connectivity index (χ1v) is 6.61. The Balaban J connectivity index is 2.23. The Labute approximate surface area is 125 Å². The minimum absolute atomic E-state index is 0.157. The number of benzene rings is 1. The van der Waals surface area contributed by atoms with Gasteiger partial charge in [-0.15, -0.1) is 0 Å². The minimum atomic E-state index is -0.417. The van der Waals surface area contributed by atoms with Crippen LogP contribution in [0.4, 0.5) is 0 Å². The molecule has 0 spiro atoms. The van der Waals surface area contributed by atoms with Gasteiger partial charge in [0.2, 0.25) is 0 Å². The van der Waals surface area contributed by atoms with Crippen molar-refractivity contribution in [2.45, 2.75) is 6.92 Å². The van der Waals surface area contributed by atoms with Crippen LogP contribution < -0.4 is 5.56 Å². The molecule has 1 aromatic carbocycles. The molecule has 0 bridgehead atoms. The summed E-state index contributed by atoms with van der Waals surface area (Å²) >= 11 is 5.96. The van der Waals surface area contributed by atoms with Gasteiger partial charge in [0.15, 0.2) is 5.76 Å². The van der Waals surface area contributed by atoms with E-state index in [-0.39, 0.29) is 11.3 Å². The summed E-state index contributed by atoms with van der Waals surface area (Å²) < 4.78 is 7.66. The highest BCUT2D eigenvalue weighted by Crippen LogP contribution is 2.15. The number of aryl methyl sites for hydroxylation is 1. The maximum atomic E-state index is 12.5. The maximum Gasteiger partial charge on any atom is 0.312 e. The van der Waals surface area contributed by atoms with Crippen molar-refractivity contribution in [2.75, 3.05) is 0 Å².